The summed E-state index contributed by atoms with van der Waals surface area (Å²) in [4.78, 5) is 0. The number of hydrogen-bond acceptors (Lipinski definition) is 1. The summed E-state index contributed by atoms with van der Waals surface area (Å²) < 4.78 is 2.24. The summed E-state index contributed by atoms with van der Waals surface area (Å²) in [6.45, 7) is 2.27. The fourth-order valence-corrected chi connectivity index (χ4v) is 3.32. The number of halogens is 2. The van der Waals surface area contributed by atoms with Gasteiger partial charge in [0.1, 0.15) is 0 Å². The van der Waals surface area contributed by atoms with Crippen LogP contribution in [-0.4, -0.2) is 6.04 Å². The molecule has 1 fully saturated rings. The molecular formula is C13H17Br2N. The van der Waals surface area contributed by atoms with Crippen LogP contribution >= 0.6 is 31.9 Å². The number of anilines is 1. The van der Waals surface area contributed by atoms with Gasteiger partial charge in [0.25, 0.3) is 0 Å². The van der Waals surface area contributed by atoms with E-state index in [1.54, 1.807) is 0 Å². The third kappa shape index (κ3) is 3.24. The molecule has 1 saturated carbocycles. The zero-order chi connectivity index (χ0) is 11.5. The lowest BCUT2D eigenvalue weighted by Crippen LogP contribution is -2.23. The van der Waals surface area contributed by atoms with Gasteiger partial charge in [-0.3, -0.25) is 0 Å². The predicted octanol–water partition coefficient (Wildman–Crippen LogP) is 5.20. The summed E-state index contributed by atoms with van der Waals surface area (Å²) in [5.74, 6) is 0.955. The molecule has 0 heterocycles. The van der Waals surface area contributed by atoms with Crippen molar-refractivity contribution in [3.05, 3.63) is 27.1 Å². The first-order chi connectivity index (χ1) is 7.65. The number of hydrogen-bond donors (Lipinski definition) is 1. The largest absolute Gasteiger partial charge is 0.382 e. The SMILES string of the molecule is CC(CC1CCC1)Nc1ccc(Br)cc1Br. The van der Waals surface area contributed by atoms with E-state index in [-0.39, 0.29) is 0 Å². The Hall–Kier alpha value is -0.0200. The standard InChI is InChI=1S/C13H17Br2N/c1-9(7-10-3-2-4-10)16-13-6-5-11(14)8-12(13)15/h5-6,8-10,16H,2-4,7H2,1H3. The molecule has 0 bridgehead atoms. The Kier molecular flexibility index (Phi) is 4.31. The monoisotopic (exact) mass is 345 g/mol. The molecule has 0 amide bonds. The summed E-state index contributed by atoms with van der Waals surface area (Å²) in [6, 6.07) is 6.83. The molecule has 1 aliphatic rings. The van der Waals surface area contributed by atoms with Crippen molar-refractivity contribution < 1.29 is 0 Å². The lowest BCUT2D eigenvalue weighted by atomic mass is 9.81. The van der Waals surface area contributed by atoms with Crippen molar-refractivity contribution in [2.45, 2.75) is 38.6 Å². The van der Waals surface area contributed by atoms with E-state index in [0.717, 1.165) is 14.9 Å². The van der Waals surface area contributed by atoms with E-state index in [1.165, 1.54) is 31.4 Å². The van der Waals surface area contributed by atoms with Crippen LogP contribution in [0.4, 0.5) is 5.69 Å². The maximum atomic E-state index is 3.58. The van der Waals surface area contributed by atoms with Crippen molar-refractivity contribution in [1.29, 1.82) is 0 Å². The molecule has 1 atom stereocenters. The third-order valence-electron chi connectivity index (χ3n) is 3.24. The summed E-state index contributed by atoms with van der Waals surface area (Å²) >= 11 is 7.05. The third-order valence-corrected chi connectivity index (χ3v) is 4.39. The lowest BCUT2D eigenvalue weighted by Gasteiger charge is -2.29. The Labute approximate surface area is 114 Å². The van der Waals surface area contributed by atoms with E-state index >= 15 is 0 Å². The molecule has 0 aliphatic heterocycles. The van der Waals surface area contributed by atoms with Crippen LogP contribution in [0.3, 0.4) is 0 Å². The Balaban J connectivity index is 1.91. The van der Waals surface area contributed by atoms with E-state index in [4.69, 9.17) is 0 Å². The van der Waals surface area contributed by atoms with E-state index in [1.807, 2.05) is 0 Å². The fourth-order valence-electron chi connectivity index (χ4n) is 2.16. The van der Waals surface area contributed by atoms with Crippen LogP contribution in [0.25, 0.3) is 0 Å². The first kappa shape index (κ1) is 12.4. The molecule has 0 saturated heterocycles. The van der Waals surface area contributed by atoms with Crippen molar-refractivity contribution in [1.82, 2.24) is 0 Å². The molecule has 1 aliphatic carbocycles. The number of rotatable bonds is 4. The molecule has 0 radical (unpaired) electrons. The van der Waals surface area contributed by atoms with Crippen molar-refractivity contribution in [2.24, 2.45) is 5.92 Å². The van der Waals surface area contributed by atoms with Crippen LogP contribution in [0.2, 0.25) is 0 Å². The summed E-state index contributed by atoms with van der Waals surface area (Å²) in [5, 5.41) is 3.57. The van der Waals surface area contributed by atoms with Crippen molar-refractivity contribution in [2.75, 3.05) is 5.32 Å². The normalized spacial score (nSPS) is 17.9. The maximum Gasteiger partial charge on any atom is 0.0487 e. The topological polar surface area (TPSA) is 12.0 Å². The van der Waals surface area contributed by atoms with Gasteiger partial charge in [-0.15, -0.1) is 0 Å². The average molecular weight is 347 g/mol. The summed E-state index contributed by atoms with van der Waals surface area (Å²) in [7, 11) is 0. The molecule has 1 unspecified atom stereocenters. The van der Waals surface area contributed by atoms with E-state index in [9.17, 15) is 0 Å². The molecule has 1 nitrogen and oxygen atoms in total. The molecule has 3 heteroatoms. The lowest BCUT2D eigenvalue weighted by molar-refractivity contribution is 0.286. The molecule has 1 aromatic carbocycles. The first-order valence-electron chi connectivity index (χ1n) is 5.87. The molecule has 2 rings (SSSR count). The van der Waals surface area contributed by atoms with Gasteiger partial charge in [0.05, 0.1) is 0 Å². The molecule has 0 aromatic heterocycles. The van der Waals surface area contributed by atoms with Crippen LogP contribution in [-0.2, 0) is 0 Å². The zero-order valence-corrected chi connectivity index (χ0v) is 12.6. The van der Waals surface area contributed by atoms with Crippen molar-refractivity contribution in [3.8, 4) is 0 Å². The van der Waals surface area contributed by atoms with Gasteiger partial charge in [0, 0.05) is 20.7 Å². The highest BCUT2D eigenvalue weighted by atomic mass is 79.9. The maximum absolute atomic E-state index is 3.58. The van der Waals surface area contributed by atoms with Crippen LogP contribution in [0.1, 0.15) is 32.6 Å². The second-order valence-electron chi connectivity index (χ2n) is 4.70. The van der Waals surface area contributed by atoms with Gasteiger partial charge in [-0.25, -0.2) is 0 Å². The van der Waals surface area contributed by atoms with Crippen molar-refractivity contribution in [3.63, 3.8) is 0 Å². The predicted molar refractivity (Wildman–Crippen MR) is 76.9 cm³/mol. The molecule has 16 heavy (non-hydrogen) atoms. The van der Waals surface area contributed by atoms with Gasteiger partial charge >= 0.3 is 0 Å². The summed E-state index contributed by atoms with van der Waals surface area (Å²) in [5.41, 5.74) is 1.19. The van der Waals surface area contributed by atoms with E-state index in [0.29, 0.717) is 6.04 Å². The molecule has 1 aromatic rings. The van der Waals surface area contributed by atoms with Crippen LogP contribution in [0.5, 0.6) is 0 Å². The minimum atomic E-state index is 0.558. The summed E-state index contributed by atoms with van der Waals surface area (Å²) in [6.07, 6.45) is 5.57. The molecule has 0 spiro atoms. The fraction of sp³-hybridized carbons (Fsp3) is 0.538. The van der Waals surface area contributed by atoms with E-state index in [2.05, 4.69) is 62.3 Å². The molecule has 1 N–H and O–H groups in total. The van der Waals surface area contributed by atoms with Crippen LogP contribution in [0.15, 0.2) is 27.1 Å². The number of nitrogens with one attached hydrogen (secondary N) is 1. The van der Waals surface area contributed by atoms with Gasteiger partial charge in [-0.2, -0.15) is 0 Å². The Bertz CT molecular complexity index is 361. The second-order valence-corrected chi connectivity index (χ2v) is 6.47. The highest BCUT2D eigenvalue weighted by Crippen LogP contribution is 2.32. The smallest absolute Gasteiger partial charge is 0.0487 e. The Morgan fingerprint density at radius 1 is 1.38 bits per heavy atom. The van der Waals surface area contributed by atoms with Gasteiger partial charge in [-0.05, 0) is 53.4 Å². The first-order valence-corrected chi connectivity index (χ1v) is 7.45. The zero-order valence-electron chi connectivity index (χ0n) is 9.47. The minimum absolute atomic E-state index is 0.558. The van der Waals surface area contributed by atoms with Crippen LogP contribution < -0.4 is 5.32 Å². The highest BCUT2D eigenvalue weighted by molar-refractivity contribution is 9.11. The number of benzene rings is 1. The van der Waals surface area contributed by atoms with Gasteiger partial charge < -0.3 is 5.32 Å². The Morgan fingerprint density at radius 2 is 2.12 bits per heavy atom. The molecule has 88 valence electrons. The average Bonchev–Trinajstić information content (AvgIpc) is 2.16. The molecular weight excluding hydrogens is 330 g/mol. The minimum Gasteiger partial charge on any atom is -0.382 e. The van der Waals surface area contributed by atoms with Gasteiger partial charge in [-0.1, -0.05) is 35.2 Å². The van der Waals surface area contributed by atoms with E-state index < -0.39 is 0 Å². The van der Waals surface area contributed by atoms with Crippen molar-refractivity contribution >= 4 is 37.5 Å². The van der Waals surface area contributed by atoms with Gasteiger partial charge in [0.2, 0.25) is 0 Å². The quantitative estimate of drug-likeness (QED) is 0.789. The highest BCUT2D eigenvalue weighted by Gasteiger charge is 2.20. The van der Waals surface area contributed by atoms with Crippen LogP contribution in [0, 0.1) is 5.92 Å². The second kappa shape index (κ2) is 5.54. The Morgan fingerprint density at radius 3 is 2.69 bits per heavy atom. The van der Waals surface area contributed by atoms with Gasteiger partial charge in [0.15, 0.2) is 0 Å².